The summed E-state index contributed by atoms with van der Waals surface area (Å²) in [5, 5.41) is 21.5. The Morgan fingerprint density at radius 3 is 2.85 bits per heavy atom. The van der Waals surface area contributed by atoms with Gasteiger partial charge in [0.1, 0.15) is 0 Å². The van der Waals surface area contributed by atoms with E-state index in [1.54, 1.807) is 6.92 Å². The highest BCUT2D eigenvalue weighted by Gasteiger charge is 2.25. The molecule has 3 heteroatoms. The highest BCUT2D eigenvalue weighted by Crippen LogP contribution is 2.24. The van der Waals surface area contributed by atoms with E-state index < -0.39 is 0 Å². The SMILES string of the molecule is CC(O)CCNC1CCCC1CO. The quantitative estimate of drug-likeness (QED) is 0.588. The smallest absolute Gasteiger partial charge is 0.0524 e. The third-order valence-electron chi connectivity index (χ3n) is 2.86. The van der Waals surface area contributed by atoms with Gasteiger partial charge in [-0.05, 0) is 38.6 Å². The molecule has 0 aliphatic heterocycles. The van der Waals surface area contributed by atoms with Gasteiger partial charge in [-0.15, -0.1) is 0 Å². The third-order valence-corrected chi connectivity index (χ3v) is 2.86. The van der Waals surface area contributed by atoms with Gasteiger partial charge < -0.3 is 15.5 Å². The molecule has 78 valence electrons. The molecule has 3 unspecified atom stereocenters. The maximum atomic E-state index is 9.06. The van der Waals surface area contributed by atoms with Crippen molar-refractivity contribution in [2.45, 2.75) is 44.8 Å². The van der Waals surface area contributed by atoms with Crippen LogP contribution in [0, 0.1) is 5.92 Å². The van der Waals surface area contributed by atoms with Crippen LogP contribution >= 0.6 is 0 Å². The summed E-state index contributed by atoms with van der Waals surface area (Å²) in [6.45, 7) is 2.96. The summed E-state index contributed by atoms with van der Waals surface area (Å²) in [5.41, 5.74) is 0. The lowest BCUT2D eigenvalue weighted by molar-refractivity contribution is 0.174. The normalized spacial score (nSPS) is 30.7. The van der Waals surface area contributed by atoms with Gasteiger partial charge in [0.25, 0.3) is 0 Å². The van der Waals surface area contributed by atoms with Crippen molar-refractivity contribution >= 4 is 0 Å². The average molecular weight is 187 g/mol. The molecule has 3 N–H and O–H groups in total. The Kier molecular flexibility index (Phi) is 4.70. The van der Waals surface area contributed by atoms with Gasteiger partial charge in [-0.2, -0.15) is 0 Å². The molecular formula is C10H21NO2. The summed E-state index contributed by atoms with van der Waals surface area (Å²) in [7, 11) is 0. The van der Waals surface area contributed by atoms with Gasteiger partial charge in [0, 0.05) is 12.6 Å². The zero-order chi connectivity index (χ0) is 9.68. The molecule has 3 nitrogen and oxygen atoms in total. The number of nitrogens with one attached hydrogen (secondary N) is 1. The Hall–Kier alpha value is -0.120. The molecule has 0 saturated heterocycles. The first kappa shape index (κ1) is 11.0. The first-order valence-corrected chi connectivity index (χ1v) is 5.26. The van der Waals surface area contributed by atoms with E-state index in [0.29, 0.717) is 18.6 Å². The second-order valence-electron chi connectivity index (χ2n) is 4.07. The maximum Gasteiger partial charge on any atom is 0.0524 e. The number of aliphatic hydroxyl groups excluding tert-OH is 2. The summed E-state index contributed by atoms with van der Waals surface area (Å²) >= 11 is 0. The first-order valence-electron chi connectivity index (χ1n) is 5.26. The van der Waals surface area contributed by atoms with Crippen molar-refractivity contribution in [1.29, 1.82) is 0 Å². The monoisotopic (exact) mass is 187 g/mol. The van der Waals surface area contributed by atoms with Crippen LogP contribution in [0.3, 0.4) is 0 Å². The van der Waals surface area contributed by atoms with Crippen LogP contribution in [0.5, 0.6) is 0 Å². The molecule has 1 fully saturated rings. The van der Waals surface area contributed by atoms with Crippen LogP contribution in [0.1, 0.15) is 32.6 Å². The van der Waals surface area contributed by atoms with Crippen molar-refractivity contribution in [1.82, 2.24) is 5.32 Å². The number of aliphatic hydroxyl groups is 2. The molecule has 1 aliphatic rings. The van der Waals surface area contributed by atoms with Crippen molar-refractivity contribution in [2.24, 2.45) is 5.92 Å². The predicted molar refractivity (Wildman–Crippen MR) is 52.5 cm³/mol. The highest BCUT2D eigenvalue weighted by molar-refractivity contribution is 4.82. The topological polar surface area (TPSA) is 52.5 Å². The Balaban J connectivity index is 2.13. The van der Waals surface area contributed by atoms with E-state index in [4.69, 9.17) is 10.2 Å². The van der Waals surface area contributed by atoms with E-state index in [-0.39, 0.29) is 6.10 Å². The lowest BCUT2D eigenvalue weighted by Gasteiger charge is -2.19. The molecule has 1 saturated carbocycles. The number of hydrogen-bond donors (Lipinski definition) is 3. The number of rotatable bonds is 5. The van der Waals surface area contributed by atoms with Crippen LogP contribution in [-0.4, -0.2) is 35.5 Å². The minimum absolute atomic E-state index is 0.221. The lowest BCUT2D eigenvalue weighted by atomic mass is 10.1. The van der Waals surface area contributed by atoms with Crippen molar-refractivity contribution in [3.8, 4) is 0 Å². The molecule has 0 bridgehead atoms. The minimum atomic E-state index is -0.221. The molecule has 0 heterocycles. The van der Waals surface area contributed by atoms with Gasteiger partial charge in [-0.25, -0.2) is 0 Å². The largest absolute Gasteiger partial charge is 0.396 e. The zero-order valence-corrected chi connectivity index (χ0v) is 8.37. The van der Waals surface area contributed by atoms with Gasteiger partial charge in [-0.3, -0.25) is 0 Å². The summed E-state index contributed by atoms with van der Waals surface area (Å²) in [5.74, 6) is 0.439. The third kappa shape index (κ3) is 3.63. The van der Waals surface area contributed by atoms with E-state index in [1.165, 1.54) is 12.8 Å². The van der Waals surface area contributed by atoms with Crippen molar-refractivity contribution in [3.05, 3.63) is 0 Å². The van der Waals surface area contributed by atoms with Gasteiger partial charge in [0.15, 0.2) is 0 Å². The molecule has 0 amide bonds. The minimum Gasteiger partial charge on any atom is -0.396 e. The molecular weight excluding hydrogens is 166 g/mol. The van der Waals surface area contributed by atoms with E-state index in [0.717, 1.165) is 19.4 Å². The highest BCUT2D eigenvalue weighted by atomic mass is 16.3. The molecule has 0 spiro atoms. The fourth-order valence-corrected chi connectivity index (χ4v) is 2.00. The van der Waals surface area contributed by atoms with Crippen LogP contribution < -0.4 is 5.32 Å². The molecule has 13 heavy (non-hydrogen) atoms. The Morgan fingerprint density at radius 1 is 1.46 bits per heavy atom. The zero-order valence-electron chi connectivity index (χ0n) is 8.37. The Morgan fingerprint density at radius 2 is 2.23 bits per heavy atom. The van der Waals surface area contributed by atoms with Crippen LogP contribution in [0.4, 0.5) is 0 Å². The summed E-state index contributed by atoms with van der Waals surface area (Å²) in [4.78, 5) is 0. The standard InChI is InChI=1S/C10H21NO2/c1-8(13)5-6-11-10-4-2-3-9(10)7-12/h8-13H,2-7H2,1H3. The molecule has 0 aromatic heterocycles. The van der Waals surface area contributed by atoms with Crippen molar-refractivity contribution < 1.29 is 10.2 Å². The molecule has 3 atom stereocenters. The second kappa shape index (κ2) is 5.58. The van der Waals surface area contributed by atoms with E-state index >= 15 is 0 Å². The maximum absolute atomic E-state index is 9.06. The summed E-state index contributed by atoms with van der Waals surface area (Å²) in [6, 6.07) is 0.476. The molecule has 0 radical (unpaired) electrons. The van der Waals surface area contributed by atoms with Crippen LogP contribution in [0.15, 0.2) is 0 Å². The number of hydrogen-bond acceptors (Lipinski definition) is 3. The first-order chi connectivity index (χ1) is 6.24. The summed E-state index contributed by atoms with van der Waals surface area (Å²) < 4.78 is 0. The van der Waals surface area contributed by atoms with Gasteiger partial charge >= 0.3 is 0 Å². The van der Waals surface area contributed by atoms with Gasteiger partial charge in [0.2, 0.25) is 0 Å². The fraction of sp³-hybridized carbons (Fsp3) is 1.00. The van der Waals surface area contributed by atoms with E-state index in [1.807, 2.05) is 0 Å². The second-order valence-corrected chi connectivity index (χ2v) is 4.07. The van der Waals surface area contributed by atoms with Crippen LogP contribution in [0.25, 0.3) is 0 Å². The van der Waals surface area contributed by atoms with E-state index in [2.05, 4.69) is 5.32 Å². The predicted octanol–water partition coefficient (Wildman–Crippen LogP) is 0.508. The average Bonchev–Trinajstić information content (AvgIpc) is 2.51. The molecule has 0 aromatic rings. The Labute approximate surface area is 80.2 Å². The molecule has 0 aromatic carbocycles. The van der Waals surface area contributed by atoms with Crippen LogP contribution in [0.2, 0.25) is 0 Å². The summed E-state index contributed by atoms with van der Waals surface area (Å²) in [6.07, 6.45) is 4.11. The fourth-order valence-electron chi connectivity index (χ4n) is 2.00. The van der Waals surface area contributed by atoms with Gasteiger partial charge in [-0.1, -0.05) is 6.42 Å². The van der Waals surface area contributed by atoms with Crippen molar-refractivity contribution in [3.63, 3.8) is 0 Å². The molecule has 1 rings (SSSR count). The van der Waals surface area contributed by atoms with Crippen molar-refractivity contribution in [2.75, 3.05) is 13.2 Å². The van der Waals surface area contributed by atoms with Crippen LogP contribution in [-0.2, 0) is 0 Å². The Bertz CT molecular complexity index is 139. The lowest BCUT2D eigenvalue weighted by Crippen LogP contribution is -2.35. The van der Waals surface area contributed by atoms with Gasteiger partial charge in [0.05, 0.1) is 6.10 Å². The van der Waals surface area contributed by atoms with E-state index in [9.17, 15) is 0 Å². The molecule has 1 aliphatic carbocycles.